The monoisotopic (exact) mass is 360 g/mol. The molecule has 0 heterocycles. The van der Waals surface area contributed by atoms with Crippen LogP contribution in [0.25, 0.3) is 0 Å². The van der Waals surface area contributed by atoms with E-state index < -0.39 is 0 Å². The normalized spacial score (nSPS) is 14.1. The Hall–Kier alpha value is -0.570. The van der Waals surface area contributed by atoms with Gasteiger partial charge >= 0.3 is 0 Å². The Bertz CT molecular complexity index is 475. The molecule has 0 N–H and O–H groups in total. The first-order chi connectivity index (χ1) is 9.06. The Morgan fingerprint density at radius 3 is 1.74 bits per heavy atom. The van der Waals surface area contributed by atoms with Crippen molar-refractivity contribution in [3.63, 3.8) is 0 Å². The van der Waals surface area contributed by atoms with Crippen LogP contribution in [0.2, 0.25) is 0 Å². The second kappa shape index (κ2) is 6.74. The molecule has 19 heavy (non-hydrogen) atoms. The lowest BCUT2D eigenvalue weighted by atomic mass is 10.0. The van der Waals surface area contributed by atoms with Crippen molar-refractivity contribution in [1.29, 1.82) is 0 Å². The second-order valence-electron chi connectivity index (χ2n) is 4.27. The summed E-state index contributed by atoms with van der Waals surface area (Å²) in [4.78, 5) is 0. The third-order valence-corrected chi connectivity index (χ3v) is 4.27. The summed E-state index contributed by atoms with van der Waals surface area (Å²) in [5.41, 5.74) is 1.91. The molecule has 2 aromatic rings. The van der Waals surface area contributed by atoms with Gasteiger partial charge in [-0.15, -0.1) is 23.2 Å². The average Bonchev–Trinajstić information content (AvgIpc) is 2.40. The van der Waals surface area contributed by atoms with E-state index >= 15 is 0 Å². The van der Waals surface area contributed by atoms with E-state index in [1.807, 2.05) is 24.3 Å². The van der Waals surface area contributed by atoms with Gasteiger partial charge in [0.15, 0.2) is 0 Å². The summed E-state index contributed by atoms with van der Waals surface area (Å²) >= 11 is 16.1. The fourth-order valence-electron chi connectivity index (χ4n) is 1.80. The third-order valence-electron chi connectivity index (χ3n) is 2.88. The van der Waals surface area contributed by atoms with E-state index in [0.29, 0.717) is 6.42 Å². The minimum Gasteiger partial charge on any atom is -0.207 e. The zero-order valence-corrected chi connectivity index (χ0v) is 13.1. The topological polar surface area (TPSA) is 0 Å². The van der Waals surface area contributed by atoms with Gasteiger partial charge in [-0.25, -0.2) is 4.39 Å². The molecule has 100 valence electrons. The number of rotatable bonds is 4. The molecule has 4 heteroatoms. The highest BCUT2D eigenvalue weighted by atomic mass is 79.9. The summed E-state index contributed by atoms with van der Waals surface area (Å²) in [6.45, 7) is 0. The fourth-order valence-corrected chi connectivity index (χ4v) is 2.80. The van der Waals surface area contributed by atoms with Crippen molar-refractivity contribution in [3.05, 3.63) is 69.9 Å². The van der Waals surface area contributed by atoms with Crippen LogP contribution < -0.4 is 0 Å². The van der Waals surface area contributed by atoms with E-state index in [4.69, 9.17) is 23.2 Å². The molecular weight excluding hydrogens is 350 g/mol. The standard InChI is InChI=1S/C15H12BrCl2F/c16-12-5-1-10(2-6-12)14(17)9-15(18)11-3-7-13(19)8-4-11/h1-8,14-15H,9H2. The summed E-state index contributed by atoms with van der Waals surface area (Å²) in [6, 6.07) is 14.0. The Balaban J connectivity index is 2.03. The van der Waals surface area contributed by atoms with Gasteiger partial charge in [0.05, 0.1) is 10.8 Å². The molecule has 0 amide bonds. The summed E-state index contributed by atoms with van der Waals surface area (Å²) in [5, 5.41) is -0.396. The number of benzene rings is 2. The molecule has 0 aliphatic carbocycles. The minimum absolute atomic E-state index is 0.166. The Labute approximate surface area is 130 Å². The molecule has 2 atom stereocenters. The number of hydrogen-bond donors (Lipinski definition) is 0. The molecule has 0 nitrogen and oxygen atoms in total. The van der Waals surface area contributed by atoms with Gasteiger partial charge in [-0.3, -0.25) is 0 Å². The Kier molecular flexibility index (Phi) is 5.26. The van der Waals surface area contributed by atoms with E-state index in [-0.39, 0.29) is 16.6 Å². The van der Waals surface area contributed by atoms with E-state index in [0.717, 1.165) is 15.6 Å². The smallest absolute Gasteiger partial charge is 0.123 e. The van der Waals surface area contributed by atoms with E-state index in [9.17, 15) is 4.39 Å². The molecule has 0 aliphatic rings. The van der Waals surface area contributed by atoms with Gasteiger partial charge in [0.2, 0.25) is 0 Å². The van der Waals surface area contributed by atoms with Crippen LogP contribution in [0.5, 0.6) is 0 Å². The summed E-state index contributed by atoms with van der Waals surface area (Å²) in [6.07, 6.45) is 0.594. The van der Waals surface area contributed by atoms with Gasteiger partial charge in [-0.05, 0) is 41.8 Å². The lowest BCUT2D eigenvalue weighted by Gasteiger charge is -2.15. The second-order valence-corrected chi connectivity index (χ2v) is 6.24. The van der Waals surface area contributed by atoms with Gasteiger partial charge < -0.3 is 0 Å². The van der Waals surface area contributed by atoms with Gasteiger partial charge in [-0.1, -0.05) is 40.2 Å². The maximum atomic E-state index is 12.8. The van der Waals surface area contributed by atoms with Gasteiger partial charge in [0, 0.05) is 4.47 Å². The van der Waals surface area contributed by atoms with Crippen LogP contribution in [0.3, 0.4) is 0 Å². The van der Waals surface area contributed by atoms with E-state index in [2.05, 4.69) is 15.9 Å². The first kappa shape index (κ1) is 14.8. The molecule has 0 saturated carbocycles. The Morgan fingerprint density at radius 2 is 1.26 bits per heavy atom. The zero-order chi connectivity index (χ0) is 13.8. The molecule has 0 bridgehead atoms. The van der Waals surface area contributed by atoms with Crippen LogP contribution in [0.15, 0.2) is 53.0 Å². The molecule has 2 unspecified atom stereocenters. The van der Waals surface area contributed by atoms with Gasteiger partial charge in [-0.2, -0.15) is 0 Å². The molecule has 0 aromatic heterocycles. The minimum atomic E-state index is -0.261. The highest BCUT2D eigenvalue weighted by Crippen LogP contribution is 2.35. The summed E-state index contributed by atoms with van der Waals surface area (Å²) in [5.74, 6) is -0.261. The van der Waals surface area contributed by atoms with Crippen LogP contribution in [-0.2, 0) is 0 Å². The molecule has 0 fully saturated rings. The van der Waals surface area contributed by atoms with Crippen LogP contribution in [0.4, 0.5) is 4.39 Å². The molecule has 0 radical (unpaired) electrons. The van der Waals surface area contributed by atoms with Crippen LogP contribution in [-0.4, -0.2) is 0 Å². The highest BCUT2D eigenvalue weighted by molar-refractivity contribution is 9.10. The molecule has 2 aromatic carbocycles. The molecule has 0 saturated heterocycles. The van der Waals surface area contributed by atoms with E-state index in [1.165, 1.54) is 12.1 Å². The summed E-state index contributed by atoms with van der Waals surface area (Å²) in [7, 11) is 0. The number of hydrogen-bond acceptors (Lipinski definition) is 0. The number of alkyl halides is 2. The van der Waals surface area contributed by atoms with Crippen molar-refractivity contribution < 1.29 is 4.39 Å². The molecule has 2 rings (SSSR count). The predicted molar refractivity (Wildman–Crippen MR) is 82.3 cm³/mol. The maximum Gasteiger partial charge on any atom is 0.123 e. The first-order valence-electron chi connectivity index (χ1n) is 5.85. The predicted octanol–water partition coefficient (Wildman–Crippen LogP) is 6.24. The van der Waals surface area contributed by atoms with Gasteiger partial charge in [0.25, 0.3) is 0 Å². The lowest BCUT2D eigenvalue weighted by Crippen LogP contribution is -1.97. The van der Waals surface area contributed by atoms with Crippen molar-refractivity contribution in [2.45, 2.75) is 17.2 Å². The van der Waals surface area contributed by atoms with Crippen LogP contribution in [0, 0.1) is 5.82 Å². The van der Waals surface area contributed by atoms with Gasteiger partial charge in [0.1, 0.15) is 5.82 Å². The summed E-state index contributed by atoms with van der Waals surface area (Å²) < 4.78 is 13.9. The number of halogens is 4. The molecule has 0 aliphatic heterocycles. The quantitative estimate of drug-likeness (QED) is 0.565. The molecule has 0 spiro atoms. The van der Waals surface area contributed by atoms with Crippen molar-refractivity contribution in [3.8, 4) is 0 Å². The Morgan fingerprint density at radius 1 is 0.842 bits per heavy atom. The SMILES string of the molecule is Fc1ccc(C(Cl)CC(Cl)c2ccc(Br)cc2)cc1. The van der Waals surface area contributed by atoms with Crippen molar-refractivity contribution in [1.82, 2.24) is 0 Å². The van der Waals surface area contributed by atoms with Crippen LogP contribution >= 0.6 is 39.1 Å². The first-order valence-corrected chi connectivity index (χ1v) is 7.52. The fraction of sp³-hybridized carbons (Fsp3) is 0.200. The van der Waals surface area contributed by atoms with Crippen molar-refractivity contribution >= 4 is 39.1 Å². The third kappa shape index (κ3) is 4.20. The zero-order valence-electron chi connectivity index (χ0n) is 9.99. The van der Waals surface area contributed by atoms with E-state index in [1.54, 1.807) is 12.1 Å². The van der Waals surface area contributed by atoms with Crippen molar-refractivity contribution in [2.24, 2.45) is 0 Å². The van der Waals surface area contributed by atoms with Crippen molar-refractivity contribution in [2.75, 3.05) is 0 Å². The maximum absolute atomic E-state index is 12.8. The highest BCUT2D eigenvalue weighted by Gasteiger charge is 2.15. The largest absolute Gasteiger partial charge is 0.207 e. The average molecular weight is 362 g/mol. The molecular formula is C15H12BrCl2F. The van der Waals surface area contributed by atoms with Crippen LogP contribution in [0.1, 0.15) is 28.3 Å². The lowest BCUT2D eigenvalue weighted by molar-refractivity contribution is 0.626.